The van der Waals surface area contributed by atoms with Gasteiger partial charge in [0.2, 0.25) is 0 Å². The molecule has 0 saturated carbocycles. The standard InChI is InChI=1S/C18H21FN4O4/c1-10(17(24)27-3)22-18(25)23-7-6-14-15(21-9-20-14)16(23)12-5-4-11(26-2)8-13(12)19/h4-5,8-10,16H,6-7H2,1-3H3,(H,20,21)(H,22,25)/t10-,16?/m0/s1. The fraction of sp³-hybridized carbons (Fsp3) is 0.389. The molecule has 1 aliphatic heterocycles. The normalized spacial score (nSPS) is 17.0. The van der Waals surface area contributed by atoms with Crippen molar-refractivity contribution in [3.8, 4) is 5.75 Å². The Balaban J connectivity index is 1.96. The van der Waals surface area contributed by atoms with Crippen LogP contribution in [-0.4, -0.2) is 53.7 Å². The molecule has 2 atom stereocenters. The van der Waals surface area contributed by atoms with Crippen LogP contribution < -0.4 is 10.1 Å². The molecule has 0 spiro atoms. The van der Waals surface area contributed by atoms with Crippen molar-refractivity contribution in [1.29, 1.82) is 0 Å². The van der Waals surface area contributed by atoms with E-state index in [-0.39, 0.29) is 0 Å². The van der Waals surface area contributed by atoms with Crippen LogP contribution in [-0.2, 0) is 16.0 Å². The molecule has 1 aliphatic rings. The molecule has 27 heavy (non-hydrogen) atoms. The van der Waals surface area contributed by atoms with E-state index in [1.165, 1.54) is 38.4 Å². The van der Waals surface area contributed by atoms with Gasteiger partial charge in [0.25, 0.3) is 0 Å². The zero-order valence-corrected chi connectivity index (χ0v) is 15.3. The van der Waals surface area contributed by atoms with Crippen molar-refractivity contribution in [2.24, 2.45) is 0 Å². The van der Waals surface area contributed by atoms with Gasteiger partial charge in [0.05, 0.1) is 26.2 Å². The summed E-state index contributed by atoms with van der Waals surface area (Å²) in [5.41, 5.74) is 1.72. The summed E-state index contributed by atoms with van der Waals surface area (Å²) in [6.45, 7) is 1.86. The third kappa shape index (κ3) is 3.57. The fourth-order valence-electron chi connectivity index (χ4n) is 3.17. The Bertz CT molecular complexity index is 854. The van der Waals surface area contributed by atoms with Gasteiger partial charge in [-0.1, -0.05) is 0 Å². The van der Waals surface area contributed by atoms with E-state index in [0.717, 1.165) is 5.69 Å². The molecular formula is C18H21FN4O4. The van der Waals surface area contributed by atoms with Gasteiger partial charge in [-0.25, -0.2) is 19.0 Å². The van der Waals surface area contributed by atoms with E-state index in [1.807, 2.05) is 0 Å². The fourth-order valence-corrected chi connectivity index (χ4v) is 3.17. The van der Waals surface area contributed by atoms with Crippen LogP contribution in [0.5, 0.6) is 5.75 Å². The Hall–Kier alpha value is -3.10. The number of fused-ring (bicyclic) bond motifs is 1. The number of aromatic nitrogens is 2. The Morgan fingerprint density at radius 3 is 2.85 bits per heavy atom. The van der Waals surface area contributed by atoms with Crippen molar-refractivity contribution in [1.82, 2.24) is 20.2 Å². The molecule has 0 fully saturated rings. The van der Waals surface area contributed by atoms with Crippen molar-refractivity contribution < 1.29 is 23.5 Å². The molecule has 1 aromatic heterocycles. The summed E-state index contributed by atoms with van der Waals surface area (Å²) in [5.74, 6) is -0.688. The van der Waals surface area contributed by atoms with Gasteiger partial charge in [0.1, 0.15) is 23.7 Å². The minimum atomic E-state index is -0.829. The molecule has 2 heterocycles. The lowest BCUT2D eigenvalue weighted by Gasteiger charge is -2.35. The van der Waals surface area contributed by atoms with Gasteiger partial charge in [-0.05, 0) is 19.1 Å². The van der Waals surface area contributed by atoms with Gasteiger partial charge in [0.15, 0.2) is 0 Å². The number of hydrogen-bond donors (Lipinski definition) is 2. The van der Waals surface area contributed by atoms with E-state index < -0.39 is 29.9 Å². The first kappa shape index (κ1) is 18.7. The van der Waals surface area contributed by atoms with Crippen LogP contribution in [0.25, 0.3) is 0 Å². The van der Waals surface area contributed by atoms with Gasteiger partial charge in [-0.3, -0.25) is 0 Å². The monoisotopic (exact) mass is 376 g/mol. The molecule has 8 nitrogen and oxygen atoms in total. The minimum Gasteiger partial charge on any atom is -0.497 e. The molecular weight excluding hydrogens is 355 g/mol. The molecule has 3 rings (SSSR count). The number of nitrogens with one attached hydrogen (secondary N) is 2. The van der Waals surface area contributed by atoms with Crippen molar-refractivity contribution in [3.63, 3.8) is 0 Å². The van der Waals surface area contributed by atoms with E-state index >= 15 is 0 Å². The summed E-state index contributed by atoms with van der Waals surface area (Å²) in [4.78, 5) is 33.2. The highest BCUT2D eigenvalue weighted by atomic mass is 19.1. The number of nitrogens with zero attached hydrogens (tertiary/aromatic N) is 2. The number of H-pyrrole nitrogens is 1. The second-order valence-corrected chi connectivity index (χ2v) is 6.19. The molecule has 0 saturated heterocycles. The number of carbonyl (C=O) groups excluding carboxylic acids is 2. The van der Waals surface area contributed by atoms with Crippen LogP contribution in [0.2, 0.25) is 0 Å². The number of rotatable bonds is 4. The van der Waals surface area contributed by atoms with Crippen LogP contribution >= 0.6 is 0 Å². The average molecular weight is 376 g/mol. The number of amides is 2. The molecule has 2 amide bonds. The molecule has 2 aromatic rings. The van der Waals surface area contributed by atoms with Crippen LogP contribution in [0.1, 0.15) is 29.9 Å². The Labute approximate surface area is 155 Å². The highest BCUT2D eigenvalue weighted by molar-refractivity contribution is 5.83. The summed E-state index contributed by atoms with van der Waals surface area (Å²) < 4.78 is 24.4. The van der Waals surface area contributed by atoms with E-state index in [2.05, 4.69) is 20.0 Å². The number of imidazole rings is 1. The Kier molecular flexibility index (Phi) is 5.29. The maximum absolute atomic E-state index is 14.8. The molecule has 1 aromatic carbocycles. The van der Waals surface area contributed by atoms with E-state index in [4.69, 9.17) is 4.74 Å². The molecule has 9 heteroatoms. The summed E-state index contributed by atoms with van der Waals surface area (Å²) >= 11 is 0. The van der Waals surface area contributed by atoms with Crippen LogP contribution in [0.3, 0.4) is 0 Å². The molecule has 1 unspecified atom stereocenters. The highest BCUT2D eigenvalue weighted by Gasteiger charge is 2.36. The molecule has 0 aliphatic carbocycles. The lowest BCUT2D eigenvalue weighted by Crippen LogP contribution is -2.50. The second kappa shape index (κ2) is 7.65. The van der Waals surface area contributed by atoms with E-state index in [9.17, 15) is 14.0 Å². The lowest BCUT2D eigenvalue weighted by atomic mass is 9.95. The molecule has 0 radical (unpaired) electrons. The first-order valence-electron chi connectivity index (χ1n) is 8.46. The average Bonchev–Trinajstić information content (AvgIpc) is 3.15. The van der Waals surface area contributed by atoms with Crippen LogP contribution in [0, 0.1) is 5.82 Å². The summed E-state index contributed by atoms with van der Waals surface area (Å²) in [6, 6.07) is 2.42. The van der Waals surface area contributed by atoms with Gasteiger partial charge in [0, 0.05) is 30.3 Å². The van der Waals surface area contributed by atoms with Gasteiger partial charge in [-0.15, -0.1) is 0 Å². The first-order valence-corrected chi connectivity index (χ1v) is 8.46. The first-order chi connectivity index (χ1) is 13.0. The molecule has 144 valence electrons. The quantitative estimate of drug-likeness (QED) is 0.793. The van der Waals surface area contributed by atoms with E-state index in [1.54, 1.807) is 12.1 Å². The summed E-state index contributed by atoms with van der Waals surface area (Å²) in [6.07, 6.45) is 2.07. The maximum Gasteiger partial charge on any atom is 0.328 e. The number of hydrogen-bond acceptors (Lipinski definition) is 5. The number of halogens is 1. The second-order valence-electron chi connectivity index (χ2n) is 6.19. The van der Waals surface area contributed by atoms with Gasteiger partial charge >= 0.3 is 12.0 Å². The van der Waals surface area contributed by atoms with Gasteiger partial charge in [-0.2, -0.15) is 0 Å². The molecule has 2 N–H and O–H groups in total. The number of urea groups is 1. The SMILES string of the molecule is COC(=O)[C@H](C)NC(=O)N1CCc2[nH]cnc2C1c1ccc(OC)cc1F. The van der Waals surface area contributed by atoms with E-state index in [0.29, 0.717) is 30.0 Å². The Morgan fingerprint density at radius 1 is 1.41 bits per heavy atom. The highest BCUT2D eigenvalue weighted by Crippen LogP contribution is 2.35. The number of ether oxygens (including phenoxy) is 2. The summed E-state index contributed by atoms with van der Waals surface area (Å²) in [5, 5.41) is 2.59. The third-order valence-corrected chi connectivity index (χ3v) is 4.58. The van der Waals surface area contributed by atoms with Crippen molar-refractivity contribution in [3.05, 3.63) is 47.3 Å². The zero-order valence-electron chi connectivity index (χ0n) is 15.3. The largest absolute Gasteiger partial charge is 0.497 e. The summed E-state index contributed by atoms with van der Waals surface area (Å²) in [7, 11) is 2.70. The zero-order chi connectivity index (χ0) is 19.6. The van der Waals surface area contributed by atoms with Crippen molar-refractivity contribution in [2.45, 2.75) is 25.4 Å². The number of methoxy groups -OCH3 is 2. The topological polar surface area (TPSA) is 96.6 Å². The minimum absolute atomic E-state index is 0.296. The predicted octanol–water partition coefficient (Wildman–Crippen LogP) is 1.78. The Morgan fingerprint density at radius 2 is 2.19 bits per heavy atom. The smallest absolute Gasteiger partial charge is 0.328 e. The molecule has 0 bridgehead atoms. The van der Waals surface area contributed by atoms with Gasteiger partial charge < -0.3 is 24.7 Å². The lowest BCUT2D eigenvalue weighted by molar-refractivity contribution is -0.142. The van der Waals surface area contributed by atoms with Crippen LogP contribution in [0.15, 0.2) is 24.5 Å². The third-order valence-electron chi connectivity index (χ3n) is 4.58. The number of esters is 1. The van der Waals surface area contributed by atoms with Crippen molar-refractivity contribution in [2.75, 3.05) is 20.8 Å². The van der Waals surface area contributed by atoms with Crippen LogP contribution in [0.4, 0.5) is 9.18 Å². The maximum atomic E-state index is 14.8. The number of benzene rings is 1. The number of aromatic amines is 1. The predicted molar refractivity (Wildman–Crippen MR) is 93.8 cm³/mol. The number of carbonyl (C=O) groups is 2. The van der Waals surface area contributed by atoms with Crippen molar-refractivity contribution >= 4 is 12.0 Å².